The summed E-state index contributed by atoms with van der Waals surface area (Å²) in [6.45, 7) is -0.753. The van der Waals surface area contributed by atoms with Crippen molar-refractivity contribution in [2.45, 2.75) is 11.6 Å². The van der Waals surface area contributed by atoms with Crippen LogP contribution < -0.4 is 5.32 Å². The van der Waals surface area contributed by atoms with E-state index >= 15 is 0 Å². The van der Waals surface area contributed by atoms with Gasteiger partial charge in [0.2, 0.25) is 0 Å². The van der Waals surface area contributed by atoms with E-state index in [4.69, 9.17) is 39.5 Å². The molecule has 0 bridgehead atoms. The van der Waals surface area contributed by atoms with Gasteiger partial charge in [-0.25, -0.2) is 14.5 Å². The van der Waals surface area contributed by atoms with Crippen LogP contribution in [0.1, 0.15) is 16.7 Å². The highest BCUT2D eigenvalue weighted by Crippen LogP contribution is 2.53. The van der Waals surface area contributed by atoms with E-state index in [0.29, 0.717) is 5.69 Å². The second-order valence-corrected chi connectivity index (χ2v) is 8.63. The Kier molecular flexibility index (Phi) is 6.44. The van der Waals surface area contributed by atoms with Gasteiger partial charge >= 0.3 is 12.1 Å². The SMILES string of the molecule is COC(=O)C1=C(c2ccc(-n3cncn3)c(C#N)c2)NCC1(c1cc(Cl)c(Cl)c(Cl)c1)C(F)(F)F. The van der Waals surface area contributed by atoms with E-state index in [2.05, 4.69) is 15.4 Å². The summed E-state index contributed by atoms with van der Waals surface area (Å²) in [5.41, 5.74) is -3.53. The van der Waals surface area contributed by atoms with Crippen molar-refractivity contribution in [2.75, 3.05) is 13.7 Å². The molecule has 1 aromatic heterocycles. The standard InChI is InChI=1S/C22H13Cl3F3N5O2/c1-35-20(34)17-19(11-2-3-16(12(4-11)7-29)33-10-30-9-32-33)31-8-21(17,22(26,27)28)13-5-14(23)18(25)15(24)6-13/h2-6,9-10,31H,8H2,1H3. The molecule has 3 aromatic rings. The van der Waals surface area contributed by atoms with Crippen molar-refractivity contribution in [3.8, 4) is 11.8 Å². The molecule has 1 N–H and O–H groups in total. The van der Waals surface area contributed by atoms with Crippen molar-refractivity contribution < 1.29 is 22.7 Å². The van der Waals surface area contributed by atoms with E-state index in [1.807, 2.05) is 6.07 Å². The minimum absolute atomic E-state index is 0.0913. The molecule has 0 radical (unpaired) electrons. The minimum Gasteiger partial charge on any atom is -0.466 e. The van der Waals surface area contributed by atoms with Gasteiger partial charge in [0.05, 0.1) is 44.7 Å². The Morgan fingerprint density at radius 1 is 1.23 bits per heavy atom. The molecule has 1 aliphatic heterocycles. The molecule has 4 rings (SSSR count). The van der Waals surface area contributed by atoms with Crippen LogP contribution in [0.15, 0.2) is 48.6 Å². The number of halogens is 6. The summed E-state index contributed by atoms with van der Waals surface area (Å²) in [6, 6.07) is 8.30. The van der Waals surface area contributed by atoms with Crippen molar-refractivity contribution >= 4 is 46.5 Å². The number of nitrogens with zero attached hydrogens (tertiary/aromatic N) is 4. The molecule has 0 fully saturated rings. The van der Waals surface area contributed by atoms with Crippen LogP contribution in [-0.4, -0.2) is 40.6 Å². The number of benzene rings is 2. The Labute approximate surface area is 211 Å². The van der Waals surface area contributed by atoms with E-state index < -0.39 is 35.2 Å². The van der Waals surface area contributed by atoms with Crippen LogP contribution in [0.25, 0.3) is 11.4 Å². The molecule has 0 saturated carbocycles. The fourth-order valence-electron chi connectivity index (χ4n) is 4.00. The third-order valence-corrected chi connectivity index (χ3v) is 6.83. The van der Waals surface area contributed by atoms with Crippen LogP contribution >= 0.6 is 34.8 Å². The third-order valence-electron chi connectivity index (χ3n) is 5.63. The molecule has 0 saturated heterocycles. The van der Waals surface area contributed by atoms with Gasteiger partial charge in [-0.3, -0.25) is 0 Å². The van der Waals surface area contributed by atoms with Gasteiger partial charge in [-0.2, -0.15) is 23.5 Å². The largest absolute Gasteiger partial charge is 0.466 e. The number of alkyl halides is 3. The number of hydrogen-bond acceptors (Lipinski definition) is 6. The summed E-state index contributed by atoms with van der Waals surface area (Å²) in [5.74, 6) is -1.22. The minimum atomic E-state index is -4.98. The quantitative estimate of drug-likeness (QED) is 0.365. The summed E-state index contributed by atoms with van der Waals surface area (Å²) in [6.07, 6.45) is -2.35. The van der Waals surface area contributed by atoms with E-state index in [1.165, 1.54) is 35.5 Å². The Morgan fingerprint density at radius 2 is 1.91 bits per heavy atom. The van der Waals surface area contributed by atoms with Crippen molar-refractivity contribution in [2.24, 2.45) is 0 Å². The van der Waals surface area contributed by atoms with E-state index in [0.717, 1.165) is 19.2 Å². The Bertz CT molecular complexity index is 1380. The molecule has 0 spiro atoms. The van der Waals surface area contributed by atoms with Gasteiger partial charge < -0.3 is 10.1 Å². The summed E-state index contributed by atoms with van der Waals surface area (Å²) < 4.78 is 50.6. The summed E-state index contributed by atoms with van der Waals surface area (Å²) in [7, 11) is 0.975. The Morgan fingerprint density at radius 3 is 2.46 bits per heavy atom. The first-order chi connectivity index (χ1) is 16.5. The lowest BCUT2D eigenvalue weighted by Gasteiger charge is -2.33. The van der Waals surface area contributed by atoms with Crippen molar-refractivity contribution in [3.63, 3.8) is 0 Å². The predicted octanol–water partition coefficient (Wildman–Crippen LogP) is 5.09. The van der Waals surface area contributed by atoms with E-state index in [9.17, 15) is 23.2 Å². The number of nitrogens with one attached hydrogen (secondary N) is 1. The molecular formula is C22H13Cl3F3N5O2. The number of carbonyl (C=O) groups excluding carboxylic acids is 1. The van der Waals surface area contributed by atoms with Gasteiger partial charge in [-0.05, 0) is 35.4 Å². The van der Waals surface area contributed by atoms with Crippen molar-refractivity contribution in [1.82, 2.24) is 20.1 Å². The van der Waals surface area contributed by atoms with E-state index in [1.54, 1.807) is 0 Å². The van der Waals surface area contributed by atoms with Crippen molar-refractivity contribution in [3.05, 3.63) is 80.3 Å². The fraction of sp³-hybridized carbons (Fsp3) is 0.182. The highest BCUT2D eigenvalue weighted by atomic mass is 35.5. The number of hydrogen-bond donors (Lipinski definition) is 1. The average molecular weight is 543 g/mol. The first kappa shape index (κ1) is 24.9. The number of methoxy groups -OCH3 is 1. The Hall–Kier alpha value is -3.26. The van der Waals surface area contributed by atoms with Gasteiger partial charge in [0.1, 0.15) is 24.1 Å². The summed E-state index contributed by atoms with van der Waals surface area (Å²) in [5, 5.41) is 15.8. The second kappa shape index (κ2) is 9.07. The third kappa shape index (κ3) is 3.99. The summed E-state index contributed by atoms with van der Waals surface area (Å²) >= 11 is 18.0. The first-order valence-corrected chi connectivity index (χ1v) is 10.9. The summed E-state index contributed by atoms with van der Waals surface area (Å²) in [4.78, 5) is 16.7. The van der Waals surface area contributed by atoms with Crippen LogP contribution in [0, 0.1) is 11.3 Å². The lowest BCUT2D eigenvalue weighted by molar-refractivity contribution is -0.180. The molecule has 13 heteroatoms. The zero-order valence-corrected chi connectivity index (χ0v) is 19.9. The zero-order chi connectivity index (χ0) is 25.5. The normalized spacial score (nSPS) is 17.8. The molecule has 0 amide bonds. The zero-order valence-electron chi connectivity index (χ0n) is 17.6. The predicted molar refractivity (Wildman–Crippen MR) is 122 cm³/mol. The molecular weight excluding hydrogens is 530 g/mol. The number of carbonyl (C=O) groups is 1. The molecule has 1 atom stereocenters. The Balaban J connectivity index is 2.00. The average Bonchev–Trinajstić information content (AvgIpc) is 3.50. The monoisotopic (exact) mass is 541 g/mol. The topological polar surface area (TPSA) is 92.8 Å². The molecule has 1 aliphatic rings. The number of nitriles is 1. The second-order valence-electron chi connectivity index (χ2n) is 7.44. The maximum Gasteiger partial charge on any atom is 0.404 e. The van der Waals surface area contributed by atoms with Gasteiger partial charge in [0.25, 0.3) is 0 Å². The maximum absolute atomic E-state index is 14.8. The van der Waals surface area contributed by atoms with Crippen LogP contribution in [0.2, 0.25) is 15.1 Å². The molecule has 2 aromatic carbocycles. The molecule has 2 heterocycles. The first-order valence-electron chi connectivity index (χ1n) is 9.73. The van der Waals surface area contributed by atoms with Crippen LogP contribution in [0.3, 0.4) is 0 Å². The number of aromatic nitrogens is 3. The van der Waals surface area contributed by atoms with Gasteiger partial charge in [0, 0.05) is 6.54 Å². The van der Waals surface area contributed by atoms with Crippen LogP contribution in [-0.2, 0) is 14.9 Å². The molecule has 7 nitrogen and oxygen atoms in total. The van der Waals surface area contributed by atoms with Crippen LogP contribution in [0.4, 0.5) is 13.2 Å². The number of rotatable bonds is 4. The molecule has 1 unspecified atom stereocenters. The van der Waals surface area contributed by atoms with Crippen molar-refractivity contribution in [1.29, 1.82) is 5.26 Å². The molecule has 180 valence electrons. The smallest absolute Gasteiger partial charge is 0.404 e. The van der Waals surface area contributed by atoms with Gasteiger partial charge in [-0.1, -0.05) is 40.9 Å². The highest BCUT2D eigenvalue weighted by molar-refractivity contribution is 6.48. The molecule has 35 heavy (non-hydrogen) atoms. The van der Waals surface area contributed by atoms with Gasteiger partial charge in [0.15, 0.2) is 0 Å². The number of esters is 1. The van der Waals surface area contributed by atoms with E-state index in [-0.39, 0.29) is 31.9 Å². The van der Waals surface area contributed by atoms with Gasteiger partial charge in [-0.15, -0.1) is 0 Å². The van der Waals surface area contributed by atoms with Crippen LogP contribution in [0.5, 0.6) is 0 Å². The lowest BCUT2D eigenvalue weighted by atomic mass is 9.74. The fourth-order valence-corrected chi connectivity index (χ4v) is 4.60. The molecule has 0 aliphatic carbocycles. The number of ether oxygens (including phenoxy) is 1. The highest BCUT2D eigenvalue weighted by Gasteiger charge is 2.64. The maximum atomic E-state index is 14.8. The lowest BCUT2D eigenvalue weighted by Crippen LogP contribution is -2.48.